The largest absolute Gasteiger partial charge is 0.409 e. The van der Waals surface area contributed by atoms with Crippen molar-refractivity contribution < 1.29 is 10.0 Å². The molecule has 0 bridgehead atoms. The smallest absolute Gasteiger partial charge is 0.251 e. The van der Waals surface area contributed by atoms with Crippen molar-refractivity contribution in [1.82, 2.24) is 10.3 Å². The molecule has 4 N–H and O–H groups in total. The second-order valence-electron chi connectivity index (χ2n) is 4.57. The number of nitrogens with one attached hydrogen (secondary N) is 1. The van der Waals surface area contributed by atoms with Gasteiger partial charge in [0, 0.05) is 22.2 Å². The normalized spacial score (nSPS) is 13.0. The lowest BCUT2D eigenvalue weighted by Crippen LogP contribution is -2.27. The molecule has 0 fully saturated rings. The Balaban J connectivity index is 2.13. The van der Waals surface area contributed by atoms with Crippen molar-refractivity contribution in [3.8, 4) is 0 Å². The van der Waals surface area contributed by atoms with Crippen LogP contribution in [0, 0.1) is 6.92 Å². The van der Waals surface area contributed by atoms with Crippen LogP contribution in [0.2, 0.25) is 0 Å². The Morgan fingerprint density at radius 2 is 2.19 bits per heavy atom. The van der Waals surface area contributed by atoms with Crippen LogP contribution in [0.5, 0.6) is 0 Å². The van der Waals surface area contributed by atoms with Crippen molar-refractivity contribution in [1.29, 1.82) is 0 Å². The molecule has 0 aliphatic rings. The quantitative estimate of drug-likeness (QED) is 0.348. The molecule has 1 atom stereocenters. The molecule has 0 aliphatic heterocycles. The molecule has 2 aromatic rings. The highest BCUT2D eigenvalue weighted by atomic mass is 32.1. The van der Waals surface area contributed by atoms with Crippen LogP contribution in [0.3, 0.4) is 0 Å². The van der Waals surface area contributed by atoms with Gasteiger partial charge in [0.1, 0.15) is 5.01 Å². The van der Waals surface area contributed by atoms with E-state index in [2.05, 4.69) is 15.5 Å². The Hall–Kier alpha value is -2.41. The summed E-state index contributed by atoms with van der Waals surface area (Å²) in [5, 5.41) is 15.3. The zero-order valence-electron chi connectivity index (χ0n) is 11.7. The zero-order chi connectivity index (χ0) is 15.4. The third-order valence-electron chi connectivity index (χ3n) is 2.89. The number of rotatable bonds is 4. The zero-order valence-corrected chi connectivity index (χ0v) is 12.5. The number of hydrogen-bond acceptors (Lipinski definition) is 5. The van der Waals surface area contributed by atoms with E-state index < -0.39 is 0 Å². The average Bonchev–Trinajstić information content (AvgIpc) is 2.93. The first-order valence-electron chi connectivity index (χ1n) is 6.32. The number of oxime groups is 1. The van der Waals surface area contributed by atoms with Crippen molar-refractivity contribution in [2.75, 3.05) is 0 Å². The van der Waals surface area contributed by atoms with Gasteiger partial charge in [-0.2, -0.15) is 0 Å². The number of nitrogens with zero attached hydrogens (tertiary/aromatic N) is 2. The number of amides is 1. The molecule has 0 spiro atoms. The number of carbonyl (C=O) groups is 1. The number of aromatic nitrogens is 1. The minimum atomic E-state index is -0.233. The van der Waals surface area contributed by atoms with E-state index in [1.807, 2.05) is 13.8 Å². The predicted octanol–water partition coefficient (Wildman–Crippen LogP) is 2.04. The Labute approximate surface area is 126 Å². The van der Waals surface area contributed by atoms with Crippen LogP contribution in [0.1, 0.15) is 38.8 Å². The van der Waals surface area contributed by atoms with Gasteiger partial charge in [-0.25, -0.2) is 4.98 Å². The molecule has 7 heteroatoms. The summed E-state index contributed by atoms with van der Waals surface area (Å²) in [6.07, 6.45) is 1.78. The van der Waals surface area contributed by atoms with E-state index in [9.17, 15) is 4.79 Å². The minimum absolute atomic E-state index is 0.0340. The van der Waals surface area contributed by atoms with Crippen LogP contribution in [0.25, 0.3) is 0 Å². The van der Waals surface area contributed by atoms with Gasteiger partial charge in [-0.15, -0.1) is 11.3 Å². The van der Waals surface area contributed by atoms with Gasteiger partial charge in [-0.05, 0) is 26.0 Å². The van der Waals surface area contributed by atoms with Gasteiger partial charge in [0.25, 0.3) is 5.91 Å². The first-order valence-corrected chi connectivity index (χ1v) is 7.14. The van der Waals surface area contributed by atoms with Crippen LogP contribution in [-0.2, 0) is 0 Å². The van der Waals surface area contributed by atoms with Gasteiger partial charge in [0.15, 0.2) is 5.84 Å². The van der Waals surface area contributed by atoms with Crippen molar-refractivity contribution >= 4 is 23.1 Å². The molecule has 21 heavy (non-hydrogen) atoms. The molecule has 0 saturated heterocycles. The highest BCUT2D eigenvalue weighted by Gasteiger charge is 2.14. The second kappa shape index (κ2) is 6.36. The third kappa shape index (κ3) is 3.57. The molecule has 1 aromatic heterocycles. The Morgan fingerprint density at radius 1 is 1.48 bits per heavy atom. The molecule has 1 heterocycles. The summed E-state index contributed by atoms with van der Waals surface area (Å²) < 4.78 is 0. The lowest BCUT2D eigenvalue weighted by Gasteiger charge is -2.11. The molecule has 1 amide bonds. The second-order valence-corrected chi connectivity index (χ2v) is 5.84. The highest BCUT2D eigenvalue weighted by Crippen LogP contribution is 2.19. The maximum absolute atomic E-state index is 12.2. The maximum Gasteiger partial charge on any atom is 0.251 e. The highest BCUT2D eigenvalue weighted by molar-refractivity contribution is 7.11. The SMILES string of the molecule is Cc1cnc(C(C)NC(=O)c2cccc(/C(N)=N/O)c2)s1. The monoisotopic (exact) mass is 304 g/mol. The van der Waals surface area contributed by atoms with Crippen molar-refractivity contribution in [2.24, 2.45) is 10.9 Å². The molecule has 0 aliphatic carbocycles. The van der Waals surface area contributed by atoms with Crippen molar-refractivity contribution in [3.05, 3.63) is 51.5 Å². The average molecular weight is 304 g/mol. The number of aryl methyl sites for hydroxylation is 1. The van der Waals surface area contributed by atoms with Gasteiger partial charge < -0.3 is 16.3 Å². The van der Waals surface area contributed by atoms with E-state index in [-0.39, 0.29) is 17.8 Å². The van der Waals surface area contributed by atoms with Gasteiger partial charge in [-0.1, -0.05) is 17.3 Å². The van der Waals surface area contributed by atoms with E-state index in [1.165, 1.54) is 0 Å². The molecule has 1 unspecified atom stereocenters. The lowest BCUT2D eigenvalue weighted by atomic mass is 10.1. The molecule has 0 saturated carbocycles. The van der Waals surface area contributed by atoms with Crippen LogP contribution < -0.4 is 11.1 Å². The number of benzene rings is 1. The molecule has 2 rings (SSSR count). The van der Waals surface area contributed by atoms with E-state index >= 15 is 0 Å². The molecule has 0 radical (unpaired) electrons. The van der Waals surface area contributed by atoms with Gasteiger partial charge in [0.05, 0.1) is 6.04 Å². The number of amidine groups is 1. The summed E-state index contributed by atoms with van der Waals surface area (Å²) in [4.78, 5) is 17.6. The fourth-order valence-electron chi connectivity index (χ4n) is 1.79. The van der Waals surface area contributed by atoms with Crippen LogP contribution in [0.15, 0.2) is 35.6 Å². The Kier molecular flexibility index (Phi) is 4.54. The van der Waals surface area contributed by atoms with E-state index in [0.717, 1.165) is 9.88 Å². The summed E-state index contributed by atoms with van der Waals surface area (Å²) in [6, 6.07) is 6.41. The summed E-state index contributed by atoms with van der Waals surface area (Å²) in [6.45, 7) is 3.85. The fourth-order valence-corrected chi connectivity index (χ4v) is 2.57. The van der Waals surface area contributed by atoms with E-state index in [0.29, 0.717) is 11.1 Å². The summed E-state index contributed by atoms with van der Waals surface area (Å²) in [5.74, 6) is -0.267. The molecule has 6 nitrogen and oxygen atoms in total. The molecule has 1 aromatic carbocycles. The third-order valence-corrected chi connectivity index (χ3v) is 3.98. The number of thiazole rings is 1. The van der Waals surface area contributed by atoms with Crippen molar-refractivity contribution in [2.45, 2.75) is 19.9 Å². The summed E-state index contributed by atoms with van der Waals surface area (Å²) >= 11 is 1.55. The first kappa shape index (κ1) is 15.0. The number of nitrogens with two attached hydrogens (primary N) is 1. The number of hydrogen-bond donors (Lipinski definition) is 3. The first-order chi connectivity index (χ1) is 10.0. The summed E-state index contributed by atoms with van der Waals surface area (Å²) in [5.41, 5.74) is 6.45. The maximum atomic E-state index is 12.2. The van der Waals surface area contributed by atoms with E-state index in [4.69, 9.17) is 10.9 Å². The summed E-state index contributed by atoms with van der Waals surface area (Å²) in [7, 11) is 0. The van der Waals surface area contributed by atoms with Crippen LogP contribution in [-0.4, -0.2) is 21.9 Å². The van der Waals surface area contributed by atoms with E-state index in [1.54, 1.807) is 41.8 Å². The Morgan fingerprint density at radius 3 is 2.81 bits per heavy atom. The van der Waals surface area contributed by atoms with Gasteiger partial charge >= 0.3 is 0 Å². The Bertz CT molecular complexity index is 681. The fraction of sp³-hybridized carbons (Fsp3) is 0.214. The van der Waals surface area contributed by atoms with Gasteiger partial charge in [-0.3, -0.25) is 4.79 Å². The standard InChI is InChI=1S/C14H16N4O2S/c1-8-7-16-14(21-8)9(2)17-13(19)11-5-3-4-10(6-11)12(15)18-20/h3-7,9,20H,1-2H3,(H2,15,18)(H,17,19). The van der Waals surface area contributed by atoms with Crippen molar-refractivity contribution in [3.63, 3.8) is 0 Å². The van der Waals surface area contributed by atoms with Crippen LogP contribution >= 0.6 is 11.3 Å². The molecular weight excluding hydrogens is 288 g/mol. The topological polar surface area (TPSA) is 101 Å². The lowest BCUT2D eigenvalue weighted by molar-refractivity contribution is 0.0940. The predicted molar refractivity (Wildman–Crippen MR) is 81.7 cm³/mol. The van der Waals surface area contributed by atoms with Crippen LogP contribution in [0.4, 0.5) is 0 Å². The molecular formula is C14H16N4O2S. The van der Waals surface area contributed by atoms with Gasteiger partial charge in [0.2, 0.25) is 0 Å². The number of carbonyl (C=O) groups excluding carboxylic acids is 1. The molecule has 110 valence electrons. The minimum Gasteiger partial charge on any atom is -0.409 e.